The molecule has 0 amide bonds. The molecule has 0 aliphatic carbocycles. The van der Waals surface area contributed by atoms with Crippen molar-refractivity contribution in [2.75, 3.05) is 0 Å². The molecule has 1 aromatic rings. The van der Waals surface area contributed by atoms with Gasteiger partial charge in [0, 0.05) is 5.92 Å². The first-order chi connectivity index (χ1) is 4.75. The summed E-state index contributed by atoms with van der Waals surface area (Å²) in [6.45, 7) is 3.85. The monoisotopic (exact) mass is 140 g/mol. The quantitative estimate of drug-likeness (QED) is 0.575. The first-order valence-corrected chi connectivity index (χ1v) is 3.03. The van der Waals surface area contributed by atoms with Crippen molar-refractivity contribution in [2.45, 2.75) is 19.8 Å². The molecule has 10 heavy (non-hydrogen) atoms. The molecule has 0 spiro atoms. The van der Waals surface area contributed by atoms with Gasteiger partial charge < -0.3 is 0 Å². The molecule has 0 saturated heterocycles. The minimum atomic E-state index is 0.187. The predicted octanol–water partition coefficient (Wildman–Crippen LogP) is 1.01. The lowest BCUT2D eigenvalue weighted by Gasteiger charge is -1.94. The maximum Gasteiger partial charge on any atom is 0.173 e. The minimum absolute atomic E-state index is 0.187. The summed E-state index contributed by atoms with van der Waals surface area (Å²) in [5.41, 5.74) is 0.921. The molecule has 0 fully saturated rings. The van der Waals surface area contributed by atoms with Crippen LogP contribution in [0, 0.1) is 0 Å². The number of hydrogen-bond acceptors (Lipinski definition) is 4. The zero-order chi connectivity index (χ0) is 7.56. The van der Waals surface area contributed by atoms with Gasteiger partial charge in [-0.15, -0.1) is 0 Å². The van der Waals surface area contributed by atoms with E-state index in [1.165, 1.54) is 0 Å². The number of aromatic nitrogens is 2. The van der Waals surface area contributed by atoms with Gasteiger partial charge in [0.05, 0.1) is 0 Å². The van der Waals surface area contributed by atoms with Gasteiger partial charge in [-0.1, -0.05) is 19.0 Å². The molecule has 4 nitrogen and oxygen atoms in total. The molecular formula is C6H8N2O2. The highest BCUT2D eigenvalue weighted by molar-refractivity contribution is 5.73. The summed E-state index contributed by atoms with van der Waals surface area (Å²) >= 11 is 0. The van der Waals surface area contributed by atoms with E-state index in [1.807, 2.05) is 13.8 Å². The molecule has 0 aromatic carbocycles. The third-order valence-electron chi connectivity index (χ3n) is 1.20. The van der Waals surface area contributed by atoms with Crippen LogP contribution in [-0.2, 0) is 0 Å². The first-order valence-electron chi connectivity index (χ1n) is 3.03. The minimum Gasteiger partial charge on any atom is -0.296 e. The smallest absolute Gasteiger partial charge is 0.173 e. The van der Waals surface area contributed by atoms with Gasteiger partial charge in [0.25, 0.3) is 0 Å². The largest absolute Gasteiger partial charge is 0.296 e. The number of aldehydes is 1. The zero-order valence-electron chi connectivity index (χ0n) is 5.87. The average molecular weight is 140 g/mol. The fraction of sp³-hybridized carbons (Fsp3) is 0.500. The van der Waals surface area contributed by atoms with Crippen LogP contribution in [-0.4, -0.2) is 16.6 Å². The van der Waals surface area contributed by atoms with Crippen molar-refractivity contribution >= 4 is 6.29 Å². The number of hydrogen-bond donors (Lipinski definition) is 0. The highest BCUT2D eigenvalue weighted by Crippen LogP contribution is 2.12. The van der Waals surface area contributed by atoms with Gasteiger partial charge in [-0.05, 0) is 5.16 Å². The van der Waals surface area contributed by atoms with Crippen LogP contribution in [0.1, 0.15) is 35.9 Å². The van der Waals surface area contributed by atoms with Gasteiger partial charge >= 0.3 is 0 Å². The maximum atomic E-state index is 10.2. The molecule has 1 rings (SSSR count). The van der Waals surface area contributed by atoms with Crippen LogP contribution in [0.5, 0.6) is 0 Å². The van der Waals surface area contributed by atoms with Crippen molar-refractivity contribution in [3.8, 4) is 0 Å². The average Bonchev–Trinajstić information content (AvgIpc) is 2.33. The molecule has 0 atom stereocenters. The van der Waals surface area contributed by atoms with Crippen molar-refractivity contribution < 1.29 is 9.42 Å². The van der Waals surface area contributed by atoms with Gasteiger partial charge in [0.1, 0.15) is 5.69 Å². The summed E-state index contributed by atoms with van der Waals surface area (Å²) < 4.78 is 4.37. The second-order valence-electron chi connectivity index (χ2n) is 2.31. The van der Waals surface area contributed by atoms with Crippen molar-refractivity contribution in [1.82, 2.24) is 10.3 Å². The molecule has 0 radical (unpaired) electrons. The van der Waals surface area contributed by atoms with Crippen LogP contribution in [0.2, 0.25) is 0 Å². The Labute approximate surface area is 58.2 Å². The molecule has 0 unspecified atom stereocenters. The third kappa shape index (κ3) is 1.05. The summed E-state index contributed by atoms with van der Waals surface area (Å²) in [4.78, 5) is 10.2. The van der Waals surface area contributed by atoms with E-state index in [0.29, 0.717) is 17.7 Å². The Morgan fingerprint density at radius 3 is 2.60 bits per heavy atom. The first kappa shape index (κ1) is 6.92. The Hall–Kier alpha value is -1.19. The van der Waals surface area contributed by atoms with Crippen molar-refractivity contribution in [1.29, 1.82) is 0 Å². The lowest BCUT2D eigenvalue weighted by atomic mass is 10.1. The van der Waals surface area contributed by atoms with Gasteiger partial charge in [0.15, 0.2) is 12.0 Å². The number of carbonyl (C=O) groups excluding carboxylic acids is 1. The number of carbonyl (C=O) groups is 1. The van der Waals surface area contributed by atoms with Crippen LogP contribution in [0.4, 0.5) is 0 Å². The van der Waals surface area contributed by atoms with Crippen LogP contribution in [0.3, 0.4) is 0 Å². The van der Waals surface area contributed by atoms with Crippen molar-refractivity contribution in [2.24, 2.45) is 0 Å². The standard InChI is InChI=1S/C6H8N2O2/c1-4(2)6-5(3-9)7-10-8-6/h3-4H,1-2H3. The van der Waals surface area contributed by atoms with Crippen molar-refractivity contribution in [3.05, 3.63) is 11.4 Å². The summed E-state index contributed by atoms with van der Waals surface area (Å²) in [6.07, 6.45) is 0.645. The fourth-order valence-corrected chi connectivity index (χ4v) is 0.685. The van der Waals surface area contributed by atoms with E-state index in [9.17, 15) is 4.79 Å². The topological polar surface area (TPSA) is 56.0 Å². The van der Waals surface area contributed by atoms with E-state index < -0.39 is 0 Å². The lowest BCUT2D eigenvalue weighted by molar-refractivity contribution is 0.111. The normalized spacial score (nSPS) is 10.3. The van der Waals surface area contributed by atoms with Crippen LogP contribution < -0.4 is 0 Å². The second kappa shape index (κ2) is 2.60. The van der Waals surface area contributed by atoms with Gasteiger partial charge in [-0.25, -0.2) is 4.63 Å². The van der Waals surface area contributed by atoms with E-state index in [4.69, 9.17) is 0 Å². The fourth-order valence-electron chi connectivity index (χ4n) is 0.685. The Morgan fingerprint density at radius 1 is 1.50 bits per heavy atom. The molecule has 0 bridgehead atoms. The Bertz CT molecular complexity index is 229. The maximum absolute atomic E-state index is 10.2. The van der Waals surface area contributed by atoms with E-state index in [-0.39, 0.29) is 5.92 Å². The van der Waals surface area contributed by atoms with E-state index in [2.05, 4.69) is 14.9 Å². The van der Waals surface area contributed by atoms with Gasteiger partial charge in [-0.2, -0.15) is 0 Å². The molecule has 1 heterocycles. The lowest BCUT2D eigenvalue weighted by Crippen LogP contribution is -1.92. The van der Waals surface area contributed by atoms with Crippen LogP contribution in [0.15, 0.2) is 4.63 Å². The Morgan fingerprint density at radius 2 is 2.20 bits per heavy atom. The number of nitrogens with zero attached hydrogens (tertiary/aromatic N) is 2. The number of rotatable bonds is 2. The molecule has 0 aliphatic heterocycles. The predicted molar refractivity (Wildman–Crippen MR) is 33.8 cm³/mol. The van der Waals surface area contributed by atoms with Crippen molar-refractivity contribution in [3.63, 3.8) is 0 Å². The SMILES string of the molecule is CC(C)c1nonc1C=O. The highest BCUT2D eigenvalue weighted by Gasteiger charge is 2.11. The molecule has 4 heteroatoms. The van der Waals surface area contributed by atoms with Gasteiger partial charge in [0.2, 0.25) is 0 Å². The summed E-state index contributed by atoms with van der Waals surface area (Å²) in [5, 5.41) is 6.97. The molecule has 0 aliphatic rings. The zero-order valence-corrected chi connectivity index (χ0v) is 5.87. The molecule has 0 N–H and O–H groups in total. The van der Waals surface area contributed by atoms with Crippen LogP contribution in [0.25, 0.3) is 0 Å². The van der Waals surface area contributed by atoms with Crippen LogP contribution >= 0.6 is 0 Å². The molecule has 1 aromatic heterocycles. The summed E-state index contributed by atoms with van der Waals surface area (Å²) in [6, 6.07) is 0. The van der Waals surface area contributed by atoms with E-state index >= 15 is 0 Å². The summed E-state index contributed by atoms with van der Waals surface area (Å²) in [5.74, 6) is 0.187. The second-order valence-corrected chi connectivity index (χ2v) is 2.31. The highest BCUT2D eigenvalue weighted by atomic mass is 16.6. The third-order valence-corrected chi connectivity index (χ3v) is 1.20. The molecule has 0 saturated carbocycles. The summed E-state index contributed by atoms with van der Waals surface area (Å²) in [7, 11) is 0. The Kier molecular flexibility index (Phi) is 1.80. The van der Waals surface area contributed by atoms with Gasteiger partial charge in [-0.3, -0.25) is 4.79 Å². The van der Waals surface area contributed by atoms with E-state index in [1.54, 1.807) is 0 Å². The van der Waals surface area contributed by atoms with E-state index in [0.717, 1.165) is 0 Å². The Balaban J connectivity index is 3.01. The molecular weight excluding hydrogens is 132 g/mol. The molecule has 54 valence electrons.